The molecule has 0 amide bonds. The van der Waals surface area contributed by atoms with E-state index in [4.69, 9.17) is 19.0 Å². The Morgan fingerprint density at radius 3 is 2.40 bits per heavy atom. The van der Waals surface area contributed by atoms with Gasteiger partial charge in [0.25, 0.3) is 0 Å². The molecule has 0 saturated heterocycles. The van der Waals surface area contributed by atoms with Crippen molar-refractivity contribution in [1.82, 2.24) is 4.98 Å². The molecule has 1 fully saturated rings. The van der Waals surface area contributed by atoms with Crippen LogP contribution in [0.3, 0.4) is 0 Å². The standard InChI is InChI=1S/C19H19N3O2S/c1-23-14-4-9-17-18(12-14)22-11-10-19(17)24-13-2-5-15(6-3-13)25(20,21)16-7-8-16/h2-6,9-12,16,20-21H,7-8H2,1H3. The molecule has 0 bridgehead atoms. The molecule has 0 radical (unpaired) electrons. The van der Waals surface area contributed by atoms with Crippen molar-refractivity contribution in [3.63, 3.8) is 0 Å². The lowest BCUT2D eigenvalue weighted by Crippen LogP contribution is -2.02. The van der Waals surface area contributed by atoms with Crippen LogP contribution in [0.15, 0.2) is 59.6 Å². The number of aromatic nitrogens is 1. The van der Waals surface area contributed by atoms with Crippen LogP contribution < -0.4 is 9.47 Å². The Morgan fingerprint density at radius 2 is 1.72 bits per heavy atom. The number of nitrogens with zero attached hydrogens (tertiary/aromatic N) is 1. The molecule has 6 heteroatoms. The van der Waals surface area contributed by atoms with Crippen LogP contribution in [0, 0.1) is 9.56 Å². The van der Waals surface area contributed by atoms with Gasteiger partial charge in [0, 0.05) is 27.8 Å². The fourth-order valence-corrected chi connectivity index (χ4v) is 4.57. The Bertz CT molecular complexity index is 1030. The van der Waals surface area contributed by atoms with Crippen LogP contribution in [0.25, 0.3) is 10.9 Å². The summed E-state index contributed by atoms with van der Waals surface area (Å²) in [5.41, 5.74) is 0.808. The van der Waals surface area contributed by atoms with E-state index in [-0.39, 0.29) is 5.25 Å². The maximum absolute atomic E-state index is 8.31. The number of rotatable bonds is 5. The van der Waals surface area contributed by atoms with Gasteiger partial charge in [-0.1, -0.05) is 0 Å². The molecule has 1 heterocycles. The van der Waals surface area contributed by atoms with Crippen LogP contribution in [-0.2, 0) is 9.62 Å². The molecule has 1 aliphatic carbocycles. The molecule has 4 rings (SSSR count). The minimum atomic E-state index is -2.18. The quantitative estimate of drug-likeness (QED) is 0.658. The molecule has 0 aliphatic heterocycles. The summed E-state index contributed by atoms with van der Waals surface area (Å²) in [4.78, 5) is 5.16. The third-order valence-electron chi connectivity index (χ3n) is 4.36. The van der Waals surface area contributed by atoms with Gasteiger partial charge in [0.05, 0.1) is 12.6 Å². The zero-order chi connectivity index (χ0) is 17.4. The molecule has 1 aliphatic rings. The van der Waals surface area contributed by atoms with Gasteiger partial charge in [-0.25, -0.2) is 0 Å². The van der Waals surface area contributed by atoms with Gasteiger partial charge < -0.3 is 9.47 Å². The van der Waals surface area contributed by atoms with Crippen molar-refractivity contribution in [3.8, 4) is 17.2 Å². The third kappa shape index (κ3) is 3.05. The first-order valence-corrected chi connectivity index (χ1v) is 9.79. The highest BCUT2D eigenvalue weighted by atomic mass is 32.2. The zero-order valence-electron chi connectivity index (χ0n) is 13.9. The number of ether oxygens (including phenoxy) is 2. The van der Waals surface area contributed by atoms with Gasteiger partial charge in [0.1, 0.15) is 17.2 Å². The van der Waals surface area contributed by atoms with Gasteiger partial charge in [-0.05, 0) is 64.9 Å². The minimum Gasteiger partial charge on any atom is -0.497 e. The Balaban J connectivity index is 1.63. The van der Waals surface area contributed by atoms with E-state index in [0.29, 0.717) is 5.75 Å². The predicted molar refractivity (Wildman–Crippen MR) is 98.9 cm³/mol. The smallest absolute Gasteiger partial charge is 0.138 e. The number of benzene rings is 2. The number of hydrogen-bond donors (Lipinski definition) is 2. The second kappa shape index (κ2) is 6.04. The Morgan fingerprint density at radius 1 is 1.00 bits per heavy atom. The molecule has 1 aromatic heterocycles. The number of pyridine rings is 1. The number of hydrogen-bond acceptors (Lipinski definition) is 5. The summed E-state index contributed by atoms with van der Waals surface area (Å²) in [7, 11) is -0.547. The Labute approximate surface area is 147 Å². The van der Waals surface area contributed by atoms with Crippen LogP contribution in [0.2, 0.25) is 0 Å². The average molecular weight is 353 g/mol. The van der Waals surface area contributed by atoms with E-state index in [9.17, 15) is 0 Å². The first kappa shape index (κ1) is 15.9. The van der Waals surface area contributed by atoms with Gasteiger partial charge in [-0.3, -0.25) is 14.5 Å². The molecule has 2 N–H and O–H groups in total. The summed E-state index contributed by atoms with van der Waals surface area (Å²) in [6.45, 7) is 0. The zero-order valence-corrected chi connectivity index (χ0v) is 14.7. The maximum atomic E-state index is 8.31. The molecular formula is C19H19N3O2S. The molecule has 5 nitrogen and oxygen atoms in total. The molecule has 0 atom stereocenters. The van der Waals surface area contributed by atoms with Crippen molar-refractivity contribution in [1.29, 1.82) is 9.56 Å². The van der Waals surface area contributed by atoms with E-state index in [1.807, 2.05) is 48.5 Å². The molecule has 2 aromatic carbocycles. The normalized spacial score (nSPS) is 14.4. The summed E-state index contributed by atoms with van der Waals surface area (Å²) in [6.07, 6.45) is 3.72. The molecule has 0 spiro atoms. The Hall–Kier alpha value is -2.60. The second-order valence-electron chi connectivity index (χ2n) is 6.12. The first-order chi connectivity index (χ1) is 12.1. The van der Waals surface area contributed by atoms with Gasteiger partial charge >= 0.3 is 0 Å². The number of methoxy groups -OCH3 is 1. The third-order valence-corrected chi connectivity index (χ3v) is 6.84. The van der Waals surface area contributed by atoms with Crippen LogP contribution in [0.1, 0.15) is 12.8 Å². The van der Waals surface area contributed by atoms with Gasteiger partial charge in [0.15, 0.2) is 0 Å². The highest BCUT2D eigenvalue weighted by Gasteiger charge is 2.30. The van der Waals surface area contributed by atoms with Crippen molar-refractivity contribution < 1.29 is 9.47 Å². The molecule has 0 unspecified atom stereocenters. The largest absolute Gasteiger partial charge is 0.497 e. The average Bonchev–Trinajstić information content (AvgIpc) is 3.48. The minimum absolute atomic E-state index is 0.235. The highest BCUT2D eigenvalue weighted by Crippen LogP contribution is 2.36. The van der Waals surface area contributed by atoms with Crippen LogP contribution in [0.4, 0.5) is 0 Å². The monoisotopic (exact) mass is 353 g/mol. The molecule has 25 heavy (non-hydrogen) atoms. The first-order valence-electron chi connectivity index (χ1n) is 8.10. The maximum Gasteiger partial charge on any atom is 0.138 e. The summed E-state index contributed by atoms with van der Waals surface area (Å²) < 4.78 is 27.9. The fraction of sp³-hybridized carbons (Fsp3) is 0.211. The van der Waals surface area contributed by atoms with Crippen molar-refractivity contribution >= 4 is 20.5 Å². The van der Waals surface area contributed by atoms with Crippen LogP contribution in [-0.4, -0.2) is 17.3 Å². The summed E-state index contributed by atoms with van der Waals surface area (Å²) in [5.74, 6) is 2.17. The lowest BCUT2D eigenvalue weighted by atomic mass is 10.2. The topological polar surface area (TPSA) is 79.0 Å². The fourth-order valence-electron chi connectivity index (χ4n) is 2.78. The second-order valence-corrected chi connectivity index (χ2v) is 8.58. The molecule has 1 saturated carbocycles. The summed E-state index contributed by atoms with van der Waals surface area (Å²) in [6, 6.07) is 14.9. The molecule has 3 aromatic rings. The van der Waals surface area contributed by atoms with Crippen LogP contribution in [0.5, 0.6) is 17.2 Å². The van der Waals surface area contributed by atoms with Gasteiger partial charge in [-0.2, -0.15) is 0 Å². The van der Waals surface area contributed by atoms with Gasteiger partial charge in [-0.15, -0.1) is 0 Å². The summed E-state index contributed by atoms with van der Waals surface area (Å²) in [5, 5.41) is 1.14. The van der Waals surface area contributed by atoms with Crippen molar-refractivity contribution in [2.45, 2.75) is 23.0 Å². The van der Waals surface area contributed by atoms with E-state index in [1.54, 1.807) is 13.3 Å². The lowest BCUT2D eigenvalue weighted by Gasteiger charge is -2.12. The predicted octanol–water partition coefficient (Wildman–Crippen LogP) is 5.24. The lowest BCUT2D eigenvalue weighted by molar-refractivity contribution is 0.415. The van der Waals surface area contributed by atoms with Crippen molar-refractivity contribution in [2.75, 3.05) is 7.11 Å². The van der Waals surface area contributed by atoms with E-state index in [1.165, 1.54) is 0 Å². The van der Waals surface area contributed by atoms with Crippen molar-refractivity contribution in [3.05, 3.63) is 54.7 Å². The highest BCUT2D eigenvalue weighted by molar-refractivity contribution is 7.94. The van der Waals surface area contributed by atoms with E-state index < -0.39 is 9.62 Å². The van der Waals surface area contributed by atoms with E-state index in [2.05, 4.69) is 4.98 Å². The molecular weight excluding hydrogens is 334 g/mol. The van der Waals surface area contributed by atoms with E-state index >= 15 is 0 Å². The Kier molecular flexibility index (Phi) is 3.84. The van der Waals surface area contributed by atoms with Crippen molar-refractivity contribution in [2.24, 2.45) is 0 Å². The number of nitrogens with one attached hydrogen (secondary N) is 2. The SMILES string of the molecule is COc1ccc2c(Oc3ccc(S(=N)(=N)C4CC4)cc3)ccnc2c1. The van der Waals surface area contributed by atoms with E-state index in [0.717, 1.165) is 40.1 Å². The van der Waals surface area contributed by atoms with Gasteiger partial charge in [0.2, 0.25) is 0 Å². The molecule has 128 valence electrons. The summed E-state index contributed by atoms with van der Waals surface area (Å²) >= 11 is 0. The van der Waals surface area contributed by atoms with Crippen LogP contribution >= 0.6 is 0 Å². The number of fused-ring (bicyclic) bond motifs is 1.